The monoisotopic (exact) mass is 574 g/mol. The second-order valence-electron chi connectivity index (χ2n) is 10.2. The fourth-order valence-corrected chi connectivity index (χ4v) is 5.71. The van der Waals surface area contributed by atoms with E-state index in [0.29, 0.717) is 28.3 Å². The van der Waals surface area contributed by atoms with Gasteiger partial charge >= 0.3 is 0 Å². The number of nitrogens with zero attached hydrogens (tertiary/aromatic N) is 5. The Bertz CT molecular complexity index is 1910. The van der Waals surface area contributed by atoms with Gasteiger partial charge in [0.1, 0.15) is 0 Å². The number of nitrogens with one attached hydrogen (secondary N) is 1. The van der Waals surface area contributed by atoms with Gasteiger partial charge in [-0.15, -0.1) is 0 Å². The van der Waals surface area contributed by atoms with Crippen LogP contribution in [0, 0.1) is 13.8 Å². The first-order valence-corrected chi connectivity index (χ1v) is 13.9. The first-order chi connectivity index (χ1) is 20.4. The number of aryl methyl sites for hydroxylation is 2. The van der Waals surface area contributed by atoms with Crippen LogP contribution in [0.5, 0.6) is 11.5 Å². The molecule has 208 valence electrons. The number of phenolic OH excluding ortho intramolecular Hbond substituents is 1. The van der Waals surface area contributed by atoms with Crippen molar-refractivity contribution >= 4 is 46.2 Å². The molecule has 0 bridgehead atoms. The van der Waals surface area contributed by atoms with Crippen molar-refractivity contribution in [3.63, 3.8) is 0 Å². The summed E-state index contributed by atoms with van der Waals surface area (Å²) < 4.78 is 7.40. The molecule has 0 aliphatic carbocycles. The second-order valence-corrected chi connectivity index (χ2v) is 10.7. The third kappa shape index (κ3) is 4.19. The van der Waals surface area contributed by atoms with E-state index in [4.69, 9.17) is 31.4 Å². The number of rotatable bonds is 4. The molecule has 2 N–H and O–H groups in total. The van der Waals surface area contributed by atoms with Crippen LogP contribution in [-0.4, -0.2) is 33.7 Å². The molecule has 0 spiro atoms. The number of hydrogen-bond acceptors (Lipinski definition) is 7. The average molecular weight is 575 g/mol. The number of amidine groups is 2. The zero-order valence-corrected chi connectivity index (χ0v) is 24.0. The Morgan fingerprint density at radius 2 is 1.69 bits per heavy atom. The van der Waals surface area contributed by atoms with E-state index in [1.165, 1.54) is 0 Å². The average Bonchev–Trinajstić information content (AvgIpc) is 3.34. The van der Waals surface area contributed by atoms with Crippen molar-refractivity contribution in [2.24, 2.45) is 9.98 Å². The van der Waals surface area contributed by atoms with Gasteiger partial charge in [-0.3, -0.25) is 0 Å². The minimum atomic E-state index is -0.352. The van der Waals surface area contributed by atoms with E-state index in [-0.39, 0.29) is 11.8 Å². The number of aromatic hydroxyl groups is 1. The lowest BCUT2D eigenvalue weighted by atomic mass is 9.93. The lowest BCUT2D eigenvalue weighted by Gasteiger charge is -2.40. The zero-order chi connectivity index (χ0) is 29.0. The predicted octanol–water partition coefficient (Wildman–Crippen LogP) is 7.65. The number of ether oxygens (including phenoxy) is 1. The molecular formula is C33H27ClN6O2. The van der Waals surface area contributed by atoms with Crippen LogP contribution in [-0.2, 0) is 0 Å². The van der Waals surface area contributed by atoms with Crippen LogP contribution >= 0.6 is 11.6 Å². The normalized spacial score (nSPS) is 15.2. The van der Waals surface area contributed by atoms with Crippen molar-refractivity contribution in [1.29, 1.82) is 0 Å². The largest absolute Gasteiger partial charge is 0.504 e. The van der Waals surface area contributed by atoms with Crippen LogP contribution in [0.15, 0.2) is 101 Å². The molecule has 0 saturated heterocycles. The van der Waals surface area contributed by atoms with E-state index in [2.05, 4.69) is 10.2 Å². The molecule has 0 amide bonds. The van der Waals surface area contributed by atoms with E-state index in [1.807, 2.05) is 103 Å². The highest BCUT2D eigenvalue weighted by Crippen LogP contribution is 2.49. The van der Waals surface area contributed by atoms with E-state index in [9.17, 15) is 5.11 Å². The summed E-state index contributed by atoms with van der Waals surface area (Å²) in [5, 5.41) is 19.6. The van der Waals surface area contributed by atoms with Crippen molar-refractivity contribution < 1.29 is 9.84 Å². The molecule has 9 heteroatoms. The van der Waals surface area contributed by atoms with E-state index in [1.54, 1.807) is 13.2 Å². The van der Waals surface area contributed by atoms with Crippen LogP contribution in [0.4, 0.5) is 22.9 Å². The molecule has 0 fully saturated rings. The van der Waals surface area contributed by atoms with Crippen LogP contribution < -0.4 is 15.0 Å². The molecule has 2 aliphatic heterocycles. The van der Waals surface area contributed by atoms with Gasteiger partial charge in [0.05, 0.1) is 35.9 Å². The quantitative estimate of drug-likeness (QED) is 0.230. The Balaban J connectivity index is 1.50. The molecule has 42 heavy (non-hydrogen) atoms. The summed E-state index contributed by atoms with van der Waals surface area (Å²) >= 11 is 6.49. The Morgan fingerprint density at radius 1 is 0.905 bits per heavy atom. The molecule has 5 aromatic rings. The van der Waals surface area contributed by atoms with Gasteiger partial charge in [0.2, 0.25) is 0 Å². The lowest BCUT2D eigenvalue weighted by Crippen LogP contribution is -2.46. The minimum Gasteiger partial charge on any atom is -0.504 e. The number of anilines is 2. The number of fused-ring (bicyclic) bond motifs is 4. The first kappa shape index (κ1) is 25.9. The Labute approximate surface area is 248 Å². The van der Waals surface area contributed by atoms with E-state index < -0.39 is 0 Å². The summed E-state index contributed by atoms with van der Waals surface area (Å²) in [4.78, 5) is 12.5. The Morgan fingerprint density at radius 3 is 2.48 bits per heavy atom. The van der Waals surface area contributed by atoms with Gasteiger partial charge in [-0.2, -0.15) is 5.10 Å². The molecule has 0 radical (unpaired) electrons. The number of methoxy groups -OCH3 is 1. The molecule has 1 atom stereocenters. The van der Waals surface area contributed by atoms with Gasteiger partial charge < -0.3 is 20.1 Å². The first-order valence-electron chi connectivity index (χ1n) is 13.5. The molecule has 3 heterocycles. The zero-order valence-electron chi connectivity index (χ0n) is 23.2. The third-order valence-electron chi connectivity index (χ3n) is 7.59. The highest BCUT2D eigenvalue weighted by molar-refractivity contribution is 6.51. The van der Waals surface area contributed by atoms with Crippen molar-refractivity contribution in [3.05, 3.63) is 118 Å². The summed E-state index contributed by atoms with van der Waals surface area (Å²) in [5.74, 6) is 2.37. The van der Waals surface area contributed by atoms with Crippen LogP contribution in [0.25, 0.3) is 5.69 Å². The van der Waals surface area contributed by atoms with Gasteiger partial charge in [0, 0.05) is 16.3 Å². The molecule has 1 unspecified atom stereocenters. The highest BCUT2D eigenvalue weighted by atomic mass is 35.5. The standard InChI is InChI=1S/C33H27ClN6O2/c1-19-13-15-22(18-24(19)34)35-31-33-37-32-29(20(2)38-40(32)23-9-5-4-6-10-23)30(21-14-16-27(41)28(17-21)42-3)39(33)26-12-8-7-11-25(26)36-31/h4-18,30,41H,1-3H3,(H,35,36). The number of para-hydroxylation sites is 3. The van der Waals surface area contributed by atoms with Gasteiger partial charge in [-0.05, 0) is 73.5 Å². The van der Waals surface area contributed by atoms with Gasteiger partial charge in [-0.1, -0.05) is 54.1 Å². The maximum atomic E-state index is 10.5. The number of aromatic nitrogens is 2. The van der Waals surface area contributed by atoms with Crippen molar-refractivity contribution in [3.8, 4) is 17.2 Å². The van der Waals surface area contributed by atoms with Crippen molar-refractivity contribution in [2.75, 3.05) is 17.3 Å². The fraction of sp³-hybridized carbons (Fsp3) is 0.121. The molecule has 7 rings (SSSR count). The van der Waals surface area contributed by atoms with E-state index in [0.717, 1.165) is 45.1 Å². The Hall–Kier alpha value is -5.08. The Kier molecular flexibility index (Phi) is 6.21. The summed E-state index contributed by atoms with van der Waals surface area (Å²) in [6.45, 7) is 3.97. The molecule has 0 saturated carbocycles. The molecule has 2 aliphatic rings. The summed E-state index contributed by atoms with van der Waals surface area (Å²) in [6.07, 6.45) is 0. The number of hydrogen-bond donors (Lipinski definition) is 2. The minimum absolute atomic E-state index is 0.0714. The fourth-order valence-electron chi connectivity index (χ4n) is 5.53. The highest BCUT2D eigenvalue weighted by Gasteiger charge is 2.41. The molecule has 1 aromatic heterocycles. The maximum absolute atomic E-state index is 10.5. The second kappa shape index (κ2) is 10.1. The molecule has 8 nitrogen and oxygen atoms in total. The number of halogens is 1. The number of aliphatic imine (C=N–C) groups is 2. The number of phenols is 1. The van der Waals surface area contributed by atoms with Crippen LogP contribution in [0.2, 0.25) is 5.02 Å². The van der Waals surface area contributed by atoms with Gasteiger partial charge in [0.25, 0.3) is 0 Å². The predicted molar refractivity (Wildman–Crippen MR) is 168 cm³/mol. The molecular weight excluding hydrogens is 548 g/mol. The third-order valence-corrected chi connectivity index (χ3v) is 8.00. The van der Waals surface area contributed by atoms with E-state index >= 15 is 0 Å². The maximum Gasteiger partial charge on any atom is 0.179 e. The smallest absolute Gasteiger partial charge is 0.179 e. The van der Waals surface area contributed by atoms with Crippen molar-refractivity contribution in [2.45, 2.75) is 19.9 Å². The SMILES string of the molecule is COc1cc(C2c3c(C)nn(-c4ccccc4)c3N=C3C(Nc4ccc(C)c(Cl)c4)=Nc4ccccc4N32)ccc1O. The summed E-state index contributed by atoms with van der Waals surface area (Å²) in [5.41, 5.74) is 7.08. The number of benzene rings is 4. The van der Waals surface area contributed by atoms with Crippen molar-refractivity contribution in [1.82, 2.24) is 9.78 Å². The van der Waals surface area contributed by atoms with Crippen LogP contribution in [0.3, 0.4) is 0 Å². The van der Waals surface area contributed by atoms with Crippen LogP contribution in [0.1, 0.15) is 28.4 Å². The van der Waals surface area contributed by atoms with Gasteiger partial charge in [0.15, 0.2) is 29.0 Å². The summed E-state index contributed by atoms with van der Waals surface area (Å²) in [7, 11) is 1.55. The topological polar surface area (TPSA) is 87.3 Å². The lowest BCUT2D eigenvalue weighted by molar-refractivity contribution is 0.372. The summed E-state index contributed by atoms with van der Waals surface area (Å²) in [6, 6.07) is 28.9. The molecule has 4 aromatic carbocycles. The van der Waals surface area contributed by atoms with Gasteiger partial charge in [-0.25, -0.2) is 14.7 Å².